The van der Waals surface area contributed by atoms with Crippen molar-refractivity contribution in [2.75, 3.05) is 6.79 Å². The second kappa shape index (κ2) is 5.88. The van der Waals surface area contributed by atoms with Crippen LogP contribution >= 0.6 is 0 Å². The van der Waals surface area contributed by atoms with E-state index >= 15 is 0 Å². The summed E-state index contributed by atoms with van der Waals surface area (Å²) < 4.78 is 11.6. The van der Waals surface area contributed by atoms with Crippen molar-refractivity contribution in [3.8, 4) is 11.5 Å². The van der Waals surface area contributed by atoms with E-state index in [-0.39, 0.29) is 24.8 Å². The van der Waals surface area contributed by atoms with Gasteiger partial charge in [-0.3, -0.25) is 9.59 Å². The smallest absolute Gasteiger partial charge is 0.267 e. The molecule has 7 nitrogen and oxygen atoms in total. The number of rotatable bonds is 4. The molecule has 7 heteroatoms. The molecule has 3 rings (SSSR count). The second-order valence-electron chi connectivity index (χ2n) is 4.93. The molecule has 0 saturated heterocycles. The fourth-order valence-corrected chi connectivity index (χ4v) is 2.11. The number of hydrogen-bond donors (Lipinski definition) is 1. The first kappa shape index (κ1) is 14.1. The summed E-state index contributed by atoms with van der Waals surface area (Å²) in [6.45, 7) is 2.22. The molecule has 1 aromatic heterocycles. The van der Waals surface area contributed by atoms with Gasteiger partial charge in [0.05, 0.1) is 5.69 Å². The average Bonchev–Trinajstić information content (AvgIpc) is 2.96. The van der Waals surface area contributed by atoms with Gasteiger partial charge >= 0.3 is 0 Å². The lowest BCUT2D eigenvalue weighted by Crippen LogP contribution is -2.33. The van der Waals surface area contributed by atoms with E-state index in [1.54, 1.807) is 19.1 Å². The minimum absolute atomic E-state index is 0.106. The largest absolute Gasteiger partial charge is 0.454 e. The van der Waals surface area contributed by atoms with E-state index in [0.717, 1.165) is 10.2 Å². The van der Waals surface area contributed by atoms with Gasteiger partial charge in [0.25, 0.3) is 5.56 Å². The summed E-state index contributed by atoms with van der Waals surface area (Å²) in [5.74, 6) is 1.09. The van der Waals surface area contributed by atoms with Crippen LogP contribution in [0.5, 0.6) is 11.5 Å². The molecule has 1 aliphatic heterocycles. The van der Waals surface area contributed by atoms with Crippen LogP contribution in [-0.2, 0) is 17.9 Å². The van der Waals surface area contributed by atoms with Gasteiger partial charge in [-0.1, -0.05) is 6.07 Å². The van der Waals surface area contributed by atoms with Gasteiger partial charge in [-0.15, -0.1) is 0 Å². The van der Waals surface area contributed by atoms with Gasteiger partial charge < -0.3 is 14.8 Å². The Labute approximate surface area is 126 Å². The Morgan fingerprint density at radius 3 is 2.95 bits per heavy atom. The molecule has 0 spiro atoms. The van der Waals surface area contributed by atoms with Gasteiger partial charge in [0.1, 0.15) is 6.54 Å². The molecular formula is C15H15N3O4. The van der Waals surface area contributed by atoms with Crippen molar-refractivity contribution in [1.82, 2.24) is 15.1 Å². The van der Waals surface area contributed by atoms with Crippen LogP contribution in [0.25, 0.3) is 0 Å². The molecule has 1 aliphatic rings. The molecule has 0 aliphatic carbocycles. The number of amides is 1. The number of fused-ring (bicyclic) bond motifs is 1. The third-order valence-electron chi connectivity index (χ3n) is 3.22. The van der Waals surface area contributed by atoms with E-state index in [1.165, 1.54) is 6.07 Å². The highest BCUT2D eigenvalue weighted by atomic mass is 16.7. The van der Waals surface area contributed by atoms with Crippen LogP contribution in [-0.4, -0.2) is 22.5 Å². The van der Waals surface area contributed by atoms with Crippen molar-refractivity contribution < 1.29 is 14.3 Å². The molecule has 1 amide bonds. The summed E-state index contributed by atoms with van der Waals surface area (Å²) in [5, 5.41) is 6.77. The van der Waals surface area contributed by atoms with Crippen LogP contribution in [0.1, 0.15) is 11.3 Å². The highest BCUT2D eigenvalue weighted by molar-refractivity contribution is 5.75. The Balaban J connectivity index is 1.60. The van der Waals surface area contributed by atoms with E-state index in [1.807, 2.05) is 12.1 Å². The first-order chi connectivity index (χ1) is 10.6. The quantitative estimate of drug-likeness (QED) is 0.894. The SMILES string of the molecule is Cc1ccc(=O)n(CC(=O)NCc2ccc3c(c2)OCO3)n1. The van der Waals surface area contributed by atoms with E-state index in [9.17, 15) is 9.59 Å². The normalized spacial score (nSPS) is 12.2. The van der Waals surface area contributed by atoms with Crippen molar-refractivity contribution in [3.63, 3.8) is 0 Å². The minimum atomic E-state index is -0.302. The van der Waals surface area contributed by atoms with Crippen molar-refractivity contribution in [2.45, 2.75) is 20.0 Å². The number of carbonyl (C=O) groups is 1. The Hall–Kier alpha value is -2.83. The predicted octanol–water partition coefficient (Wildman–Crippen LogP) is 0.597. The van der Waals surface area contributed by atoms with Gasteiger partial charge in [0.15, 0.2) is 11.5 Å². The van der Waals surface area contributed by atoms with Gasteiger partial charge in [0.2, 0.25) is 12.7 Å². The lowest BCUT2D eigenvalue weighted by molar-refractivity contribution is -0.122. The molecule has 0 fully saturated rings. The predicted molar refractivity (Wildman–Crippen MR) is 77.6 cm³/mol. The molecule has 22 heavy (non-hydrogen) atoms. The van der Waals surface area contributed by atoms with Gasteiger partial charge in [-0.05, 0) is 30.7 Å². The van der Waals surface area contributed by atoms with Crippen LogP contribution in [0.3, 0.4) is 0 Å². The minimum Gasteiger partial charge on any atom is -0.454 e. The van der Waals surface area contributed by atoms with Crippen molar-refractivity contribution in [3.05, 3.63) is 51.9 Å². The van der Waals surface area contributed by atoms with Crippen LogP contribution in [0.4, 0.5) is 0 Å². The van der Waals surface area contributed by atoms with E-state index in [0.29, 0.717) is 23.7 Å². The zero-order valence-corrected chi connectivity index (χ0v) is 12.0. The number of nitrogens with one attached hydrogen (secondary N) is 1. The fourth-order valence-electron chi connectivity index (χ4n) is 2.11. The van der Waals surface area contributed by atoms with Crippen LogP contribution in [0, 0.1) is 6.92 Å². The third-order valence-corrected chi connectivity index (χ3v) is 3.22. The number of carbonyl (C=O) groups excluding carboxylic acids is 1. The van der Waals surface area contributed by atoms with Gasteiger partial charge in [-0.2, -0.15) is 5.10 Å². The fraction of sp³-hybridized carbons (Fsp3) is 0.267. The monoisotopic (exact) mass is 301 g/mol. The Morgan fingerprint density at radius 1 is 1.27 bits per heavy atom. The summed E-state index contributed by atoms with van der Waals surface area (Å²) in [5.41, 5.74) is 1.27. The summed E-state index contributed by atoms with van der Waals surface area (Å²) >= 11 is 0. The second-order valence-corrected chi connectivity index (χ2v) is 4.93. The number of aromatic nitrogens is 2. The topological polar surface area (TPSA) is 82.5 Å². The summed E-state index contributed by atoms with van der Waals surface area (Å²) in [7, 11) is 0. The summed E-state index contributed by atoms with van der Waals surface area (Å²) in [6, 6.07) is 8.48. The molecule has 1 N–H and O–H groups in total. The molecule has 2 heterocycles. The van der Waals surface area contributed by atoms with E-state index < -0.39 is 0 Å². The van der Waals surface area contributed by atoms with Crippen molar-refractivity contribution in [1.29, 1.82) is 0 Å². The number of ether oxygens (including phenoxy) is 2. The Bertz CT molecular complexity index is 770. The Kier molecular flexibility index (Phi) is 3.78. The third kappa shape index (κ3) is 3.08. The molecule has 0 radical (unpaired) electrons. The molecular weight excluding hydrogens is 286 g/mol. The molecule has 0 saturated carbocycles. The van der Waals surface area contributed by atoms with E-state index in [2.05, 4.69) is 10.4 Å². The number of benzene rings is 1. The maximum absolute atomic E-state index is 11.9. The van der Waals surface area contributed by atoms with Crippen LogP contribution in [0.15, 0.2) is 35.1 Å². The molecule has 0 atom stereocenters. The first-order valence-electron chi connectivity index (χ1n) is 6.82. The highest BCUT2D eigenvalue weighted by Gasteiger charge is 2.13. The Morgan fingerprint density at radius 2 is 2.09 bits per heavy atom. The summed E-state index contributed by atoms with van der Waals surface area (Å²) in [6.07, 6.45) is 0. The molecule has 2 aromatic rings. The molecule has 0 unspecified atom stereocenters. The molecule has 1 aromatic carbocycles. The zero-order valence-electron chi connectivity index (χ0n) is 12.0. The molecule has 114 valence electrons. The average molecular weight is 301 g/mol. The maximum Gasteiger partial charge on any atom is 0.267 e. The van der Waals surface area contributed by atoms with Gasteiger partial charge in [-0.25, -0.2) is 4.68 Å². The van der Waals surface area contributed by atoms with Crippen LogP contribution in [0.2, 0.25) is 0 Å². The maximum atomic E-state index is 11.9. The standard InChI is InChI=1S/C15H15N3O4/c1-10-2-5-15(20)18(17-10)8-14(19)16-7-11-3-4-12-13(6-11)22-9-21-12/h2-6H,7-9H2,1H3,(H,16,19). The van der Waals surface area contributed by atoms with Gasteiger partial charge in [0, 0.05) is 12.6 Å². The van der Waals surface area contributed by atoms with Crippen LogP contribution < -0.4 is 20.3 Å². The highest BCUT2D eigenvalue weighted by Crippen LogP contribution is 2.32. The van der Waals surface area contributed by atoms with Crippen molar-refractivity contribution >= 4 is 5.91 Å². The lowest BCUT2D eigenvalue weighted by Gasteiger charge is -2.07. The zero-order chi connectivity index (χ0) is 15.5. The lowest BCUT2D eigenvalue weighted by atomic mass is 10.2. The first-order valence-corrected chi connectivity index (χ1v) is 6.82. The number of hydrogen-bond acceptors (Lipinski definition) is 5. The van der Waals surface area contributed by atoms with E-state index in [4.69, 9.17) is 9.47 Å². The van der Waals surface area contributed by atoms with Crippen molar-refractivity contribution in [2.24, 2.45) is 0 Å². The molecule has 0 bridgehead atoms. The summed E-state index contributed by atoms with van der Waals surface area (Å²) in [4.78, 5) is 23.5. The number of aryl methyl sites for hydroxylation is 1. The number of nitrogens with zero attached hydrogens (tertiary/aromatic N) is 2.